The van der Waals surface area contributed by atoms with Gasteiger partial charge in [0.25, 0.3) is 0 Å². The van der Waals surface area contributed by atoms with Gasteiger partial charge >= 0.3 is 0 Å². The second-order valence-electron chi connectivity index (χ2n) is 10.2. The molecule has 0 radical (unpaired) electrons. The Morgan fingerprint density at radius 1 is 1.08 bits per heavy atom. The lowest BCUT2D eigenvalue weighted by molar-refractivity contribution is -0.140. The number of methoxy groups -OCH3 is 1. The van der Waals surface area contributed by atoms with Crippen LogP contribution in [0.25, 0.3) is 0 Å². The largest absolute Gasteiger partial charge is 0.503 e. The molecule has 9 heteroatoms. The topological polar surface area (TPSA) is 101 Å². The number of benzene rings is 2. The second-order valence-corrected chi connectivity index (χ2v) is 11.5. The minimum Gasteiger partial charge on any atom is -0.503 e. The minimum absolute atomic E-state index is 0.0374. The fourth-order valence-electron chi connectivity index (χ4n) is 6.49. The molecule has 1 saturated heterocycles. The van der Waals surface area contributed by atoms with Crippen molar-refractivity contribution >= 4 is 50.9 Å². The summed E-state index contributed by atoms with van der Waals surface area (Å²) in [5, 5.41) is 10.4. The zero-order chi connectivity index (χ0) is 27.6. The summed E-state index contributed by atoms with van der Waals surface area (Å²) in [5.41, 5.74) is 2.86. The zero-order valence-electron chi connectivity index (χ0n) is 20.8. The number of phenolic OH excluding ortho intramolecular Hbond substituents is 1. The summed E-state index contributed by atoms with van der Waals surface area (Å²) >= 11 is 9.57. The minimum atomic E-state index is -0.689. The molecule has 0 aromatic heterocycles. The SMILES string of the molecule is COc1cc(C2C3=CCC4C(=O)N(Cc5ccccc5)C(=O)C4C3CC3=C2C(=O)C=C(Br)C3=O)cc(Cl)c1O. The standard InChI is InChI=1S/C30H23BrClNO6/c1-39-23-10-15(9-21(32)28(23)36)24-16-7-8-17-25(18(16)11-19-26(24)22(34)12-20(31)27(19)35)30(38)33(29(17)37)13-14-5-3-2-4-6-14/h2-7,9-10,12,17-18,24-25,36H,8,11,13H2,1H3. The Kier molecular flexibility index (Phi) is 6.35. The summed E-state index contributed by atoms with van der Waals surface area (Å²) in [4.78, 5) is 55.3. The molecule has 4 aliphatic rings. The lowest BCUT2D eigenvalue weighted by Gasteiger charge is -2.42. The van der Waals surface area contributed by atoms with Crippen molar-refractivity contribution < 1.29 is 29.0 Å². The van der Waals surface area contributed by atoms with Gasteiger partial charge in [-0.15, -0.1) is 0 Å². The van der Waals surface area contributed by atoms with Crippen molar-refractivity contribution in [2.75, 3.05) is 7.11 Å². The molecule has 1 N–H and O–H groups in total. The van der Waals surface area contributed by atoms with Gasteiger partial charge in [-0.1, -0.05) is 53.6 Å². The number of hydrogen-bond donors (Lipinski definition) is 1. The summed E-state index contributed by atoms with van der Waals surface area (Å²) in [5.74, 6) is -3.56. The number of imide groups is 1. The van der Waals surface area contributed by atoms with Crippen LogP contribution in [0, 0.1) is 17.8 Å². The van der Waals surface area contributed by atoms with E-state index in [1.807, 2.05) is 36.4 Å². The number of aromatic hydroxyl groups is 1. The van der Waals surface area contributed by atoms with Crippen molar-refractivity contribution in [1.82, 2.24) is 4.90 Å². The summed E-state index contributed by atoms with van der Waals surface area (Å²) in [6.45, 7) is 0.182. The number of ether oxygens (including phenoxy) is 1. The van der Waals surface area contributed by atoms with E-state index < -0.39 is 23.7 Å². The highest BCUT2D eigenvalue weighted by molar-refractivity contribution is 9.12. The van der Waals surface area contributed by atoms with E-state index in [-0.39, 0.29) is 57.4 Å². The molecule has 0 spiro atoms. The third-order valence-corrected chi connectivity index (χ3v) is 9.09. The molecule has 1 heterocycles. The van der Waals surface area contributed by atoms with Gasteiger partial charge in [-0.25, -0.2) is 0 Å². The number of likely N-dealkylation sites (tertiary alicyclic amines) is 1. The molecule has 39 heavy (non-hydrogen) atoms. The molecule has 4 unspecified atom stereocenters. The van der Waals surface area contributed by atoms with E-state index in [0.717, 1.165) is 11.1 Å². The van der Waals surface area contributed by atoms with E-state index in [2.05, 4.69) is 15.9 Å². The number of phenols is 1. The Labute approximate surface area is 237 Å². The average Bonchev–Trinajstić information content (AvgIpc) is 3.17. The number of Topliss-reactive ketones (excluding diaryl/α,β-unsaturated/α-hetero) is 1. The summed E-state index contributed by atoms with van der Waals surface area (Å²) in [7, 11) is 1.40. The smallest absolute Gasteiger partial charge is 0.234 e. The van der Waals surface area contributed by atoms with Crippen molar-refractivity contribution in [3.8, 4) is 11.5 Å². The first-order valence-electron chi connectivity index (χ1n) is 12.6. The highest BCUT2D eigenvalue weighted by Gasteiger charge is 2.56. The van der Waals surface area contributed by atoms with Gasteiger partial charge in [-0.2, -0.15) is 0 Å². The second kappa shape index (κ2) is 9.61. The normalized spacial score (nSPS) is 26.2. The molecular formula is C30H23BrClNO6. The molecule has 4 atom stereocenters. The lowest BCUT2D eigenvalue weighted by atomic mass is 9.59. The van der Waals surface area contributed by atoms with Crippen LogP contribution in [0.4, 0.5) is 0 Å². The molecule has 3 aliphatic carbocycles. The quantitative estimate of drug-likeness (QED) is 0.297. The fraction of sp³-hybridized carbons (Fsp3) is 0.267. The van der Waals surface area contributed by atoms with Gasteiger partial charge in [0, 0.05) is 23.1 Å². The van der Waals surface area contributed by atoms with Crippen LogP contribution in [0.3, 0.4) is 0 Å². The maximum absolute atomic E-state index is 13.8. The average molecular weight is 609 g/mol. The van der Waals surface area contributed by atoms with Crippen molar-refractivity contribution in [1.29, 1.82) is 0 Å². The molecule has 0 saturated carbocycles. The first-order valence-corrected chi connectivity index (χ1v) is 13.7. The number of amides is 2. The summed E-state index contributed by atoms with van der Waals surface area (Å²) in [6, 6.07) is 12.5. The summed E-state index contributed by atoms with van der Waals surface area (Å²) in [6.07, 6.45) is 3.73. The van der Waals surface area contributed by atoms with Crippen LogP contribution < -0.4 is 4.74 Å². The van der Waals surface area contributed by atoms with Gasteiger partial charge in [0.2, 0.25) is 11.8 Å². The number of halogens is 2. The molecule has 6 rings (SSSR count). The molecule has 1 aliphatic heterocycles. The third kappa shape index (κ3) is 4.00. The van der Waals surface area contributed by atoms with E-state index in [0.29, 0.717) is 23.1 Å². The van der Waals surface area contributed by atoms with Crippen LogP contribution in [0.2, 0.25) is 5.02 Å². The van der Waals surface area contributed by atoms with E-state index in [9.17, 15) is 24.3 Å². The van der Waals surface area contributed by atoms with E-state index in [4.69, 9.17) is 16.3 Å². The van der Waals surface area contributed by atoms with Gasteiger partial charge in [0.15, 0.2) is 23.1 Å². The Morgan fingerprint density at radius 2 is 1.82 bits per heavy atom. The maximum atomic E-state index is 13.8. The number of carbonyl (C=O) groups excluding carboxylic acids is 4. The highest BCUT2D eigenvalue weighted by atomic mass is 79.9. The Balaban J connectivity index is 1.47. The van der Waals surface area contributed by atoms with Crippen LogP contribution in [0.5, 0.6) is 11.5 Å². The molecule has 198 valence electrons. The first kappa shape index (κ1) is 25.8. The predicted molar refractivity (Wildman–Crippen MR) is 146 cm³/mol. The lowest BCUT2D eigenvalue weighted by Crippen LogP contribution is -2.39. The molecule has 2 aromatic rings. The van der Waals surface area contributed by atoms with E-state index in [1.165, 1.54) is 18.1 Å². The molecular weight excluding hydrogens is 586 g/mol. The number of ketones is 2. The number of nitrogens with zero attached hydrogens (tertiary/aromatic N) is 1. The maximum Gasteiger partial charge on any atom is 0.234 e. The number of carbonyl (C=O) groups is 4. The van der Waals surface area contributed by atoms with Crippen molar-refractivity contribution in [2.45, 2.75) is 25.3 Å². The van der Waals surface area contributed by atoms with Gasteiger partial charge in [-0.05, 0) is 57.9 Å². The van der Waals surface area contributed by atoms with Gasteiger partial charge in [-0.3, -0.25) is 24.1 Å². The Bertz CT molecular complexity index is 1560. The fourth-order valence-corrected chi connectivity index (χ4v) is 7.16. The molecule has 2 amide bonds. The molecule has 1 fully saturated rings. The van der Waals surface area contributed by atoms with Crippen LogP contribution in [-0.4, -0.2) is 40.5 Å². The van der Waals surface area contributed by atoms with Gasteiger partial charge < -0.3 is 9.84 Å². The van der Waals surface area contributed by atoms with Crippen LogP contribution >= 0.6 is 27.5 Å². The van der Waals surface area contributed by atoms with E-state index in [1.54, 1.807) is 12.1 Å². The molecule has 7 nitrogen and oxygen atoms in total. The Hall–Kier alpha value is -3.49. The molecule has 2 aromatic carbocycles. The third-order valence-electron chi connectivity index (χ3n) is 8.21. The molecule has 0 bridgehead atoms. The number of allylic oxidation sites excluding steroid dienone is 6. The number of hydrogen-bond acceptors (Lipinski definition) is 6. The Morgan fingerprint density at radius 3 is 2.54 bits per heavy atom. The van der Waals surface area contributed by atoms with Crippen LogP contribution in [0.15, 0.2) is 75.8 Å². The number of fused-ring (bicyclic) bond motifs is 3. The van der Waals surface area contributed by atoms with Crippen molar-refractivity contribution in [2.24, 2.45) is 17.8 Å². The van der Waals surface area contributed by atoms with Gasteiger partial charge in [0.1, 0.15) is 0 Å². The zero-order valence-corrected chi connectivity index (χ0v) is 23.2. The highest BCUT2D eigenvalue weighted by Crippen LogP contribution is 2.56. The van der Waals surface area contributed by atoms with Crippen LogP contribution in [-0.2, 0) is 25.7 Å². The van der Waals surface area contributed by atoms with E-state index >= 15 is 0 Å². The van der Waals surface area contributed by atoms with Crippen LogP contribution in [0.1, 0.15) is 29.9 Å². The predicted octanol–water partition coefficient (Wildman–Crippen LogP) is 5.02. The monoisotopic (exact) mass is 607 g/mol. The number of rotatable bonds is 4. The van der Waals surface area contributed by atoms with Crippen molar-refractivity contribution in [3.05, 3.63) is 92.0 Å². The first-order chi connectivity index (χ1) is 18.7. The van der Waals surface area contributed by atoms with Crippen molar-refractivity contribution in [3.63, 3.8) is 0 Å². The summed E-state index contributed by atoms with van der Waals surface area (Å²) < 4.78 is 5.48. The van der Waals surface area contributed by atoms with Gasteiger partial charge in [0.05, 0.1) is 35.0 Å².